The number of hydrogen-bond donors (Lipinski definition) is 1. The van der Waals surface area contributed by atoms with Crippen LogP contribution in [-0.4, -0.2) is 22.1 Å². The van der Waals surface area contributed by atoms with Gasteiger partial charge in [-0.2, -0.15) is 0 Å². The SMILES string of the molecule is Cc1nccn1CCOC(=O)Cc1ccc(N)cc1. The number of nitrogen functional groups attached to an aromatic ring is 1. The third-order valence-electron chi connectivity index (χ3n) is 2.85. The molecular formula is C14H17N3O2. The highest BCUT2D eigenvalue weighted by Crippen LogP contribution is 2.06. The maximum absolute atomic E-state index is 11.6. The summed E-state index contributed by atoms with van der Waals surface area (Å²) in [5.74, 6) is 0.678. The first-order valence-electron chi connectivity index (χ1n) is 6.13. The Balaban J connectivity index is 1.76. The number of benzene rings is 1. The van der Waals surface area contributed by atoms with E-state index in [0.29, 0.717) is 18.8 Å². The molecule has 0 bridgehead atoms. The average Bonchev–Trinajstić information content (AvgIpc) is 2.78. The number of aromatic nitrogens is 2. The number of carbonyl (C=O) groups excluding carboxylic acids is 1. The van der Waals surface area contributed by atoms with Gasteiger partial charge in [0.2, 0.25) is 0 Å². The normalized spacial score (nSPS) is 10.4. The van der Waals surface area contributed by atoms with Crippen LogP contribution in [0.5, 0.6) is 0 Å². The van der Waals surface area contributed by atoms with Gasteiger partial charge in [0.1, 0.15) is 12.4 Å². The first-order chi connectivity index (χ1) is 9.15. The molecule has 0 spiro atoms. The van der Waals surface area contributed by atoms with Gasteiger partial charge in [-0.1, -0.05) is 12.1 Å². The molecule has 0 fully saturated rings. The van der Waals surface area contributed by atoms with Gasteiger partial charge >= 0.3 is 5.97 Å². The van der Waals surface area contributed by atoms with Gasteiger partial charge in [-0.3, -0.25) is 4.79 Å². The minimum atomic E-state index is -0.234. The van der Waals surface area contributed by atoms with Gasteiger partial charge in [0.25, 0.3) is 0 Å². The number of esters is 1. The standard InChI is InChI=1S/C14H17N3O2/c1-11-16-6-7-17(11)8-9-19-14(18)10-12-2-4-13(15)5-3-12/h2-7H,8-10,15H2,1H3. The number of anilines is 1. The molecule has 0 aliphatic rings. The van der Waals surface area contributed by atoms with Crippen LogP contribution < -0.4 is 5.73 Å². The van der Waals surface area contributed by atoms with Crippen LogP contribution in [0.1, 0.15) is 11.4 Å². The van der Waals surface area contributed by atoms with Crippen LogP contribution in [-0.2, 0) is 22.5 Å². The largest absolute Gasteiger partial charge is 0.464 e. The molecule has 1 aromatic heterocycles. The lowest BCUT2D eigenvalue weighted by molar-refractivity contribution is -0.143. The average molecular weight is 259 g/mol. The maximum Gasteiger partial charge on any atom is 0.310 e. The minimum Gasteiger partial charge on any atom is -0.464 e. The molecule has 5 nitrogen and oxygen atoms in total. The molecule has 0 amide bonds. The Morgan fingerprint density at radius 3 is 2.74 bits per heavy atom. The van der Waals surface area contributed by atoms with Crippen molar-refractivity contribution in [2.45, 2.75) is 19.9 Å². The molecule has 2 aromatic rings. The summed E-state index contributed by atoms with van der Waals surface area (Å²) in [7, 11) is 0. The second kappa shape index (κ2) is 6.04. The summed E-state index contributed by atoms with van der Waals surface area (Å²) in [6, 6.07) is 7.21. The molecule has 0 aliphatic heterocycles. The van der Waals surface area contributed by atoms with Crippen LogP contribution in [0.2, 0.25) is 0 Å². The Kier molecular flexibility index (Phi) is 4.18. The summed E-state index contributed by atoms with van der Waals surface area (Å²) >= 11 is 0. The van der Waals surface area contributed by atoms with E-state index in [1.807, 2.05) is 29.8 Å². The second-order valence-electron chi connectivity index (χ2n) is 4.31. The molecule has 1 heterocycles. The van der Waals surface area contributed by atoms with E-state index in [9.17, 15) is 4.79 Å². The first-order valence-corrected chi connectivity index (χ1v) is 6.13. The molecule has 100 valence electrons. The third kappa shape index (κ3) is 3.84. The second-order valence-corrected chi connectivity index (χ2v) is 4.31. The summed E-state index contributed by atoms with van der Waals surface area (Å²) in [5.41, 5.74) is 7.17. The highest BCUT2D eigenvalue weighted by Gasteiger charge is 2.05. The van der Waals surface area contributed by atoms with Crippen LogP contribution in [0.4, 0.5) is 5.69 Å². The summed E-state index contributed by atoms with van der Waals surface area (Å²) in [6.45, 7) is 2.89. The lowest BCUT2D eigenvalue weighted by Crippen LogP contribution is -2.13. The number of hydrogen-bond acceptors (Lipinski definition) is 4. The Hall–Kier alpha value is -2.30. The first kappa shape index (κ1) is 13.1. The van der Waals surface area contributed by atoms with E-state index in [1.165, 1.54) is 0 Å². The van der Waals surface area contributed by atoms with Crippen molar-refractivity contribution in [1.29, 1.82) is 0 Å². The zero-order valence-corrected chi connectivity index (χ0v) is 10.9. The monoisotopic (exact) mass is 259 g/mol. The number of aryl methyl sites for hydroxylation is 1. The number of ether oxygens (including phenoxy) is 1. The van der Waals surface area contributed by atoms with Crippen molar-refractivity contribution in [3.05, 3.63) is 48.0 Å². The number of carbonyl (C=O) groups is 1. The van der Waals surface area contributed by atoms with Gasteiger partial charge in [-0.15, -0.1) is 0 Å². The van der Waals surface area contributed by atoms with E-state index >= 15 is 0 Å². The number of imidazole rings is 1. The van der Waals surface area contributed by atoms with E-state index in [-0.39, 0.29) is 12.4 Å². The smallest absolute Gasteiger partial charge is 0.310 e. The molecule has 0 atom stereocenters. The molecule has 19 heavy (non-hydrogen) atoms. The molecule has 2 N–H and O–H groups in total. The molecule has 0 unspecified atom stereocenters. The van der Waals surface area contributed by atoms with Crippen molar-refractivity contribution in [1.82, 2.24) is 9.55 Å². The topological polar surface area (TPSA) is 70.1 Å². The predicted octanol–water partition coefficient (Wildman–Crippen LogP) is 1.56. The zero-order valence-electron chi connectivity index (χ0n) is 10.9. The summed E-state index contributed by atoms with van der Waals surface area (Å²) in [5, 5.41) is 0. The molecule has 0 saturated heterocycles. The lowest BCUT2D eigenvalue weighted by Gasteiger charge is -2.07. The molecule has 5 heteroatoms. The van der Waals surface area contributed by atoms with Crippen molar-refractivity contribution in [3.8, 4) is 0 Å². The molecule has 1 aromatic carbocycles. The lowest BCUT2D eigenvalue weighted by atomic mass is 10.1. The predicted molar refractivity (Wildman–Crippen MR) is 72.5 cm³/mol. The van der Waals surface area contributed by atoms with Crippen LogP contribution in [0, 0.1) is 6.92 Å². The van der Waals surface area contributed by atoms with Gasteiger partial charge in [-0.25, -0.2) is 4.98 Å². The quantitative estimate of drug-likeness (QED) is 0.653. The van der Waals surface area contributed by atoms with Crippen LogP contribution in [0.3, 0.4) is 0 Å². The maximum atomic E-state index is 11.6. The summed E-state index contributed by atoms with van der Waals surface area (Å²) < 4.78 is 7.13. The van der Waals surface area contributed by atoms with Crippen molar-refractivity contribution in [2.75, 3.05) is 12.3 Å². The number of rotatable bonds is 5. The fraction of sp³-hybridized carbons (Fsp3) is 0.286. The van der Waals surface area contributed by atoms with E-state index < -0.39 is 0 Å². The number of nitrogens with zero attached hydrogens (tertiary/aromatic N) is 2. The summed E-state index contributed by atoms with van der Waals surface area (Å²) in [6.07, 6.45) is 3.86. The zero-order chi connectivity index (χ0) is 13.7. The van der Waals surface area contributed by atoms with Crippen LogP contribution in [0.15, 0.2) is 36.7 Å². The third-order valence-corrected chi connectivity index (χ3v) is 2.85. The fourth-order valence-corrected chi connectivity index (χ4v) is 1.75. The Labute approximate surface area is 112 Å². The highest BCUT2D eigenvalue weighted by atomic mass is 16.5. The molecule has 0 saturated carbocycles. The van der Waals surface area contributed by atoms with E-state index in [1.54, 1.807) is 18.3 Å². The fourth-order valence-electron chi connectivity index (χ4n) is 1.75. The van der Waals surface area contributed by atoms with Crippen molar-refractivity contribution in [3.63, 3.8) is 0 Å². The number of nitrogens with two attached hydrogens (primary N) is 1. The van der Waals surface area contributed by atoms with Crippen molar-refractivity contribution >= 4 is 11.7 Å². The Morgan fingerprint density at radius 1 is 1.37 bits per heavy atom. The molecule has 0 radical (unpaired) electrons. The highest BCUT2D eigenvalue weighted by molar-refractivity contribution is 5.72. The van der Waals surface area contributed by atoms with E-state index in [0.717, 1.165) is 11.4 Å². The van der Waals surface area contributed by atoms with Gasteiger partial charge in [0.15, 0.2) is 0 Å². The van der Waals surface area contributed by atoms with E-state index in [4.69, 9.17) is 10.5 Å². The van der Waals surface area contributed by atoms with Gasteiger partial charge in [0, 0.05) is 18.1 Å². The van der Waals surface area contributed by atoms with Gasteiger partial charge < -0.3 is 15.0 Å². The molecular weight excluding hydrogens is 242 g/mol. The molecule has 0 aliphatic carbocycles. The van der Waals surface area contributed by atoms with Crippen molar-refractivity contribution in [2.24, 2.45) is 0 Å². The van der Waals surface area contributed by atoms with E-state index in [2.05, 4.69) is 4.98 Å². The molecule has 2 rings (SSSR count). The van der Waals surface area contributed by atoms with Crippen LogP contribution >= 0.6 is 0 Å². The summed E-state index contributed by atoms with van der Waals surface area (Å²) in [4.78, 5) is 15.7. The van der Waals surface area contributed by atoms with Gasteiger partial charge in [0.05, 0.1) is 13.0 Å². The minimum absolute atomic E-state index is 0.234. The Bertz CT molecular complexity index is 546. The Morgan fingerprint density at radius 2 is 2.11 bits per heavy atom. The van der Waals surface area contributed by atoms with Gasteiger partial charge in [-0.05, 0) is 24.6 Å². The van der Waals surface area contributed by atoms with Crippen LogP contribution in [0.25, 0.3) is 0 Å². The van der Waals surface area contributed by atoms with Crippen molar-refractivity contribution < 1.29 is 9.53 Å².